The number of cyclic esters (lactones) is 1. The van der Waals surface area contributed by atoms with Gasteiger partial charge in [0.25, 0.3) is 0 Å². The minimum atomic E-state index is -4.54. The van der Waals surface area contributed by atoms with Crippen LogP contribution in [0.1, 0.15) is 30.1 Å². The number of benzene rings is 1. The topological polar surface area (TPSA) is 99.7 Å². The Kier molecular flexibility index (Phi) is 7.52. The molecule has 2 fully saturated rings. The number of nitrogens with one attached hydrogen (secondary N) is 2. The Morgan fingerprint density at radius 3 is 2.56 bits per heavy atom. The lowest BCUT2D eigenvalue weighted by molar-refractivity contribution is -0.141. The van der Waals surface area contributed by atoms with E-state index in [1.165, 1.54) is 6.07 Å². The van der Waals surface area contributed by atoms with E-state index in [0.717, 1.165) is 29.3 Å². The highest BCUT2D eigenvalue weighted by atomic mass is 19.4. The summed E-state index contributed by atoms with van der Waals surface area (Å²) in [5, 5.41) is 5.85. The van der Waals surface area contributed by atoms with Crippen molar-refractivity contribution in [3.63, 3.8) is 0 Å². The van der Waals surface area contributed by atoms with Gasteiger partial charge in [0, 0.05) is 38.4 Å². The molecule has 0 saturated carbocycles. The Labute approximate surface area is 202 Å². The van der Waals surface area contributed by atoms with Gasteiger partial charge in [-0.2, -0.15) is 13.2 Å². The summed E-state index contributed by atoms with van der Waals surface area (Å²) in [4.78, 5) is 34.7. The third-order valence-electron chi connectivity index (χ3n) is 5.97. The van der Waals surface area contributed by atoms with Crippen molar-refractivity contribution in [2.75, 3.05) is 37.7 Å². The van der Waals surface area contributed by atoms with Crippen molar-refractivity contribution in [1.29, 1.82) is 0 Å². The number of urea groups is 1. The third-order valence-corrected chi connectivity index (χ3v) is 5.97. The second kappa shape index (κ2) is 10.6. The second-order valence-corrected chi connectivity index (χ2v) is 8.32. The smallest absolute Gasteiger partial charge is 0.433 e. The first-order chi connectivity index (χ1) is 17.1. The fraction of sp³-hybridized carbons (Fsp3) is 0.455. The molecular weight excluding hydrogens is 491 g/mol. The molecular formula is C22H23F5N6O3. The molecule has 1 aromatic carbocycles. The zero-order chi connectivity index (χ0) is 25.9. The fourth-order valence-corrected chi connectivity index (χ4v) is 4.08. The fourth-order valence-electron chi connectivity index (χ4n) is 4.08. The normalized spacial score (nSPS) is 18.9. The molecule has 2 aliphatic rings. The molecule has 2 aliphatic heterocycles. The van der Waals surface area contributed by atoms with Crippen molar-refractivity contribution in [1.82, 2.24) is 25.5 Å². The van der Waals surface area contributed by atoms with Crippen molar-refractivity contribution in [3.8, 4) is 0 Å². The molecule has 36 heavy (non-hydrogen) atoms. The summed E-state index contributed by atoms with van der Waals surface area (Å²) in [5.41, 5.74) is -0.762. The van der Waals surface area contributed by atoms with Crippen LogP contribution in [0.3, 0.4) is 0 Å². The molecule has 194 valence electrons. The van der Waals surface area contributed by atoms with Gasteiger partial charge in [-0.3, -0.25) is 0 Å². The van der Waals surface area contributed by atoms with Crippen LogP contribution in [0.2, 0.25) is 0 Å². The molecule has 9 nitrogen and oxygen atoms in total. The SMILES string of the molecule is O=C(NCCNC1CCN(c2nccc(C(F)(F)F)n2)CC1)N1C(=O)OC[C@@H]1c1ccc(F)c(F)c1. The lowest BCUT2D eigenvalue weighted by Gasteiger charge is -2.32. The molecule has 14 heteroatoms. The Balaban J connectivity index is 1.22. The molecule has 0 aliphatic carbocycles. The number of carbonyl (C=O) groups excluding carboxylic acids is 2. The average molecular weight is 514 g/mol. The number of amides is 3. The van der Waals surface area contributed by atoms with Crippen molar-refractivity contribution in [3.05, 3.63) is 53.4 Å². The van der Waals surface area contributed by atoms with Crippen LogP contribution in [0.25, 0.3) is 0 Å². The van der Waals surface area contributed by atoms with Crippen molar-refractivity contribution < 1.29 is 36.3 Å². The molecule has 0 spiro atoms. The Morgan fingerprint density at radius 2 is 1.86 bits per heavy atom. The lowest BCUT2D eigenvalue weighted by atomic mass is 10.1. The number of aromatic nitrogens is 2. The molecule has 0 radical (unpaired) electrons. The van der Waals surface area contributed by atoms with Gasteiger partial charge in [-0.1, -0.05) is 6.07 Å². The molecule has 2 N–H and O–H groups in total. The van der Waals surface area contributed by atoms with E-state index >= 15 is 0 Å². The number of alkyl halides is 3. The zero-order valence-corrected chi connectivity index (χ0v) is 18.9. The van der Waals surface area contributed by atoms with Gasteiger partial charge in [-0.05, 0) is 36.6 Å². The molecule has 1 aromatic heterocycles. The number of halogens is 5. The van der Waals surface area contributed by atoms with Crippen LogP contribution in [0.5, 0.6) is 0 Å². The minimum absolute atomic E-state index is 0.0311. The van der Waals surface area contributed by atoms with E-state index in [9.17, 15) is 31.5 Å². The van der Waals surface area contributed by atoms with E-state index in [-0.39, 0.29) is 30.7 Å². The van der Waals surface area contributed by atoms with Crippen LogP contribution >= 0.6 is 0 Å². The second-order valence-electron chi connectivity index (χ2n) is 8.32. The van der Waals surface area contributed by atoms with Gasteiger partial charge in [0.05, 0.1) is 0 Å². The van der Waals surface area contributed by atoms with E-state index in [1.54, 1.807) is 4.90 Å². The van der Waals surface area contributed by atoms with Crippen molar-refractivity contribution >= 4 is 18.1 Å². The highest BCUT2D eigenvalue weighted by molar-refractivity contribution is 5.92. The minimum Gasteiger partial charge on any atom is -0.446 e. The van der Waals surface area contributed by atoms with Crippen LogP contribution in [0.4, 0.5) is 37.5 Å². The van der Waals surface area contributed by atoms with Crippen LogP contribution in [0.15, 0.2) is 30.5 Å². The molecule has 3 heterocycles. The molecule has 1 atom stereocenters. The predicted molar refractivity (Wildman–Crippen MR) is 116 cm³/mol. The number of anilines is 1. The molecule has 0 bridgehead atoms. The standard InChI is InChI=1S/C22H23F5N6O3/c23-15-2-1-13(11-16(15)24)17-12-36-21(35)33(17)20(34)30-8-7-28-14-4-9-32(10-5-14)19-29-6-3-18(31-19)22(25,26)27/h1-3,6,11,14,17,28H,4-5,7-10,12H2,(H,30,34)/t17-/m1/s1. The summed E-state index contributed by atoms with van der Waals surface area (Å²) in [6, 6.07) is 2.39. The average Bonchev–Trinajstić information content (AvgIpc) is 3.25. The summed E-state index contributed by atoms with van der Waals surface area (Å²) >= 11 is 0. The van der Waals surface area contributed by atoms with Gasteiger partial charge in [0.1, 0.15) is 18.3 Å². The number of imide groups is 1. The number of piperidine rings is 1. The molecule has 0 unspecified atom stereocenters. The maximum atomic E-state index is 13.6. The molecule has 4 rings (SSSR count). The molecule has 2 saturated heterocycles. The summed E-state index contributed by atoms with van der Waals surface area (Å²) in [6.07, 6.45) is -3.08. The predicted octanol–water partition coefficient (Wildman–Crippen LogP) is 3.24. The highest BCUT2D eigenvalue weighted by Gasteiger charge is 2.39. The lowest BCUT2D eigenvalue weighted by Crippen LogP contribution is -2.47. The van der Waals surface area contributed by atoms with Gasteiger partial charge >= 0.3 is 18.3 Å². The molecule has 3 amide bonds. The Bertz CT molecular complexity index is 1110. The van der Waals surface area contributed by atoms with Gasteiger partial charge in [0.15, 0.2) is 11.6 Å². The monoisotopic (exact) mass is 514 g/mol. The van der Waals surface area contributed by atoms with Crippen LogP contribution in [-0.4, -0.2) is 65.8 Å². The largest absolute Gasteiger partial charge is 0.446 e. The number of nitrogens with zero attached hydrogens (tertiary/aromatic N) is 4. The highest BCUT2D eigenvalue weighted by Crippen LogP contribution is 2.29. The van der Waals surface area contributed by atoms with Crippen molar-refractivity contribution in [2.24, 2.45) is 0 Å². The molecule has 2 aromatic rings. The van der Waals surface area contributed by atoms with Crippen LogP contribution < -0.4 is 15.5 Å². The first-order valence-electron chi connectivity index (χ1n) is 11.2. The van der Waals surface area contributed by atoms with E-state index in [0.29, 0.717) is 32.5 Å². The number of hydrogen-bond donors (Lipinski definition) is 2. The number of ether oxygens (including phenoxy) is 1. The van der Waals surface area contributed by atoms with E-state index in [4.69, 9.17) is 4.74 Å². The van der Waals surface area contributed by atoms with Gasteiger partial charge in [0.2, 0.25) is 5.95 Å². The summed E-state index contributed by atoms with van der Waals surface area (Å²) in [5.74, 6) is -2.11. The number of carbonyl (C=O) groups is 2. The van der Waals surface area contributed by atoms with Crippen molar-refractivity contribution in [2.45, 2.75) is 31.1 Å². The number of hydrogen-bond acceptors (Lipinski definition) is 7. The van der Waals surface area contributed by atoms with E-state index < -0.39 is 41.7 Å². The first kappa shape index (κ1) is 25.5. The first-order valence-corrected chi connectivity index (χ1v) is 11.2. The van der Waals surface area contributed by atoms with E-state index in [2.05, 4.69) is 20.6 Å². The summed E-state index contributed by atoms with van der Waals surface area (Å²) in [6.45, 7) is 1.28. The Hall–Kier alpha value is -3.55. The summed E-state index contributed by atoms with van der Waals surface area (Å²) in [7, 11) is 0. The van der Waals surface area contributed by atoms with Crippen LogP contribution in [0, 0.1) is 11.6 Å². The quantitative estimate of drug-likeness (QED) is 0.451. The summed E-state index contributed by atoms with van der Waals surface area (Å²) < 4.78 is 70.4. The maximum absolute atomic E-state index is 13.6. The zero-order valence-electron chi connectivity index (χ0n) is 18.9. The van der Waals surface area contributed by atoms with Gasteiger partial charge in [-0.25, -0.2) is 33.2 Å². The van der Waals surface area contributed by atoms with Crippen LogP contribution in [-0.2, 0) is 10.9 Å². The number of rotatable bonds is 6. The maximum Gasteiger partial charge on any atom is 0.433 e. The Morgan fingerprint density at radius 1 is 1.11 bits per heavy atom. The third kappa shape index (κ3) is 5.80. The van der Waals surface area contributed by atoms with E-state index in [1.807, 2.05) is 0 Å². The van der Waals surface area contributed by atoms with Gasteiger partial charge in [-0.15, -0.1) is 0 Å². The van der Waals surface area contributed by atoms with Gasteiger partial charge < -0.3 is 20.3 Å².